The summed E-state index contributed by atoms with van der Waals surface area (Å²) in [6.45, 7) is 6.34. The quantitative estimate of drug-likeness (QED) is 0.0825. The van der Waals surface area contributed by atoms with Crippen LogP contribution in [0, 0.1) is 34.5 Å². The molecule has 20 nitrogen and oxygen atoms in total. The summed E-state index contributed by atoms with van der Waals surface area (Å²) in [5, 5.41) is 97.1. The minimum Gasteiger partial charge on any atom is -0.462 e. The average molecular weight is 917 g/mol. The Kier molecular flexibility index (Phi) is 14.0. The van der Waals surface area contributed by atoms with E-state index in [9.17, 15) is 55.5 Å². The predicted octanol–water partition coefficient (Wildman–Crippen LogP) is -1.70. The standard InChI is InChI=1S/C44H68O20/c1-18-37(64-40-35(53)33(51)31(49)27(63-40)17-58-39-34(52)32(50)30(48)26(15-45)62-39)38(56-5)36(54)41(59-18)61-22-8-10-42(3)21(13-22)6-7-24-23(42)9-11-43(4)29(20-12-28(47)57-16-20)25(60-19(2)46)14-44(24,43)55/h12,18,21-27,29-41,45,48-55H,6-11,13-17H2,1-5H3. The molecule has 7 fully saturated rings. The molecule has 0 aromatic carbocycles. The first kappa shape index (κ1) is 48.5. The molecule has 64 heavy (non-hydrogen) atoms. The lowest BCUT2D eigenvalue weighted by Crippen LogP contribution is -2.65. The van der Waals surface area contributed by atoms with Crippen LogP contribution in [0.5, 0.6) is 0 Å². The third kappa shape index (κ3) is 8.27. The molecule has 0 bridgehead atoms. The van der Waals surface area contributed by atoms with Gasteiger partial charge in [0.2, 0.25) is 0 Å². The number of hydrogen-bond donors (Lipinski definition) is 9. The number of methoxy groups -OCH3 is 1. The highest BCUT2D eigenvalue weighted by Crippen LogP contribution is 2.70. The van der Waals surface area contributed by atoms with E-state index in [-0.39, 0.29) is 41.8 Å². The van der Waals surface area contributed by atoms with E-state index in [4.69, 9.17) is 42.6 Å². The summed E-state index contributed by atoms with van der Waals surface area (Å²) in [7, 11) is 1.37. The largest absolute Gasteiger partial charge is 0.462 e. The normalized spacial score (nSPS) is 52.8. The highest BCUT2D eigenvalue weighted by Gasteiger charge is 2.71. The summed E-state index contributed by atoms with van der Waals surface area (Å²) < 4.78 is 52.5. The number of aliphatic hydroxyl groups is 9. The molecule has 364 valence electrons. The van der Waals surface area contributed by atoms with E-state index in [1.807, 2.05) is 0 Å². The Labute approximate surface area is 371 Å². The Balaban J connectivity index is 0.891. The number of fused-ring (bicyclic) bond motifs is 5. The van der Waals surface area contributed by atoms with Gasteiger partial charge in [-0.3, -0.25) is 4.79 Å². The Hall–Kier alpha value is -1.96. The van der Waals surface area contributed by atoms with E-state index in [0.717, 1.165) is 31.3 Å². The SMILES string of the molecule is COC1C(O)C(OC2CCC3(C)C(CCC4C3CCC3(C)C(C5=CC(=O)OC5)C(OC(C)=O)CC43O)C2)OC(C)C1OC1OC(COC2OC(CO)C(O)C(O)C2O)C(O)C(O)C1O. The highest BCUT2D eigenvalue weighted by molar-refractivity contribution is 5.85. The van der Waals surface area contributed by atoms with E-state index >= 15 is 0 Å². The summed E-state index contributed by atoms with van der Waals surface area (Å²) in [4.78, 5) is 24.5. The molecule has 0 radical (unpaired) electrons. The molecule has 20 heteroatoms. The van der Waals surface area contributed by atoms with E-state index in [1.54, 1.807) is 6.92 Å². The lowest BCUT2D eigenvalue weighted by Gasteiger charge is -2.63. The number of carbonyl (C=O) groups excluding carboxylic acids is 2. The van der Waals surface area contributed by atoms with Crippen molar-refractivity contribution in [1.82, 2.24) is 0 Å². The van der Waals surface area contributed by atoms with Crippen molar-refractivity contribution in [1.29, 1.82) is 0 Å². The van der Waals surface area contributed by atoms with Crippen molar-refractivity contribution in [3.8, 4) is 0 Å². The summed E-state index contributed by atoms with van der Waals surface area (Å²) >= 11 is 0. The van der Waals surface area contributed by atoms with Crippen LogP contribution >= 0.6 is 0 Å². The van der Waals surface area contributed by atoms with Gasteiger partial charge in [-0.25, -0.2) is 4.79 Å². The predicted molar refractivity (Wildman–Crippen MR) is 214 cm³/mol. The minimum absolute atomic E-state index is 0.0447. The molecule has 0 amide bonds. The molecule has 4 aliphatic carbocycles. The van der Waals surface area contributed by atoms with Crippen molar-refractivity contribution in [2.45, 2.75) is 189 Å². The smallest absolute Gasteiger partial charge is 0.331 e. The Morgan fingerprint density at radius 3 is 2.12 bits per heavy atom. The number of rotatable bonds is 11. The Morgan fingerprint density at radius 2 is 1.47 bits per heavy atom. The van der Waals surface area contributed by atoms with Gasteiger partial charge < -0.3 is 88.6 Å². The summed E-state index contributed by atoms with van der Waals surface area (Å²) in [6.07, 6.45) is -15.2. The topological polar surface area (TPSA) is 299 Å². The van der Waals surface area contributed by atoms with Crippen molar-refractivity contribution < 1.29 is 98.2 Å². The molecule has 24 atom stereocenters. The van der Waals surface area contributed by atoms with Crippen LogP contribution in [0.15, 0.2) is 11.6 Å². The first-order valence-corrected chi connectivity index (χ1v) is 22.8. The minimum atomic E-state index is -1.79. The molecule has 0 aromatic heterocycles. The van der Waals surface area contributed by atoms with Gasteiger partial charge in [-0.2, -0.15) is 0 Å². The molecular formula is C44H68O20. The average Bonchev–Trinajstić information content (AvgIpc) is 3.77. The van der Waals surface area contributed by atoms with Gasteiger partial charge in [-0.1, -0.05) is 13.8 Å². The van der Waals surface area contributed by atoms with Crippen molar-refractivity contribution in [3.63, 3.8) is 0 Å². The fourth-order valence-electron chi connectivity index (χ4n) is 13.3. The van der Waals surface area contributed by atoms with Crippen molar-refractivity contribution in [2.24, 2.45) is 34.5 Å². The zero-order chi connectivity index (χ0) is 46.2. The molecule has 24 unspecified atom stereocenters. The van der Waals surface area contributed by atoms with Crippen LogP contribution in [0.2, 0.25) is 0 Å². The Bertz CT molecular complexity index is 1720. The van der Waals surface area contributed by atoms with E-state index in [2.05, 4.69) is 13.8 Å². The van der Waals surface area contributed by atoms with Gasteiger partial charge >= 0.3 is 11.9 Å². The maximum atomic E-state index is 12.9. The second kappa shape index (κ2) is 18.5. The van der Waals surface area contributed by atoms with Crippen molar-refractivity contribution in [2.75, 3.05) is 26.9 Å². The van der Waals surface area contributed by atoms with Crippen LogP contribution in [0.25, 0.3) is 0 Å². The fourth-order valence-corrected chi connectivity index (χ4v) is 13.3. The second-order valence-corrected chi connectivity index (χ2v) is 20.1. The number of aliphatic hydroxyl groups excluding tert-OH is 8. The first-order valence-electron chi connectivity index (χ1n) is 22.8. The number of hydrogen-bond acceptors (Lipinski definition) is 20. The molecule has 8 rings (SSSR count). The van der Waals surface area contributed by atoms with Crippen LogP contribution in [-0.4, -0.2) is 195 Å². The third-order valence-electron chi connectivity index (χ3n) is 16.8. The van der Waals surface area contributed by atoms with Crippen LogP contribution < -0.4 is 0 Å². The molecule has 9 N–H and O–H groups in total. The van der Waals surface area contributed by atoms with Gasteiger partial charge in [0.25, 0.3) is 0 Å². The highest BCUT2D eigenvalue weighted by atomic mass is 16.8. The van der Waals surface area contributed by atoms with Gasteiger partial charge in [0, 0.05) is 37.9 Å². The number of cyclic esters (lactones) is 1. The summed E-state index contributed by atoms with van der Waals surface area (Å²) in [5.74, 6) is -0.779. The maximum Gasteiger partial charge on any atom is 0.331 e. The van der Waals surface area contributed by atoms with Gasteiger partial charge in [-0.05, 0) is 80.6 Å². The van der Waals surface area contributed by atoms with Crippen molar-refractivity contribution >= 4 is 11.9 Å². The zero-order valence-electron chi connectivity index (χ0n) is 37.0. The zero-order valence-corrected chi connectivity index (χ0v) is 37.0. The van der Waals surface area contributed by atoms with Crippen LogP contribution in [0.3, 0.4) is 0 Å². The van der Waals surface area contributed by atoms with Gasteiger partial charge in [0.05, 0.1) is 31.0 Å². The van der Waals surface area contributed by atoms with Crippen LogP contribution in [-0.2, 0) is 52.2 Å². The molecule has 8 aliphatic rings. The molecule has 0 spiro atoms. The Morgan fingerprint density at radius 1 is 0.797 bits per heavy atom. The van der Waals surface area contributed by atoms with Gasteiger partial charge in [-0.15, -0.1) is 0 Å². The molecule has 4 heterocycles. The second-order valence-electron chi connectivity index (χ2n) is 20.1. The van der Waals surface area contributed by atoms with Crippen LogP contribution in [0.4, 0.5) is 0 Å². The van der Waals surface area contributed by atoms with E-state index in [0.29, 0.717) is 25.7 Å². The number of esters is 2. The lowest BCUT2D eigenvalue weighted by atomic mass is 9.43. The lowest BCUT2D eigenvalue weighted by molar-refractivity contribution is -0.367. The first-order chi connectivity index (χ1) is 30.3. The van der Waals surface area contributed by atoms with Gasteiger partial charge in [0.1, 0.15) is 79.9 Å². The van der Waals surface area contributed by atoms with Gasteiger partial charge in [0.15, 0.2) is 18.9 Å². The summed E-state index contributed by atoms with van der Waals surface area (Å²) in [5.41, 5.74) is -1.11. The van der Waals surface area contributed by atoms with E-state index in [1.165, 1.54) is 20.1 Å². The molecular weight excluding hydrogens is 848 g/mol. The van der Waals surface area contributed by atoms with E-state index < -0.39 is 134 Å². The van der Waals surface area contributed by atoms with Crippen molar-refractivity contribution in [3.05, 3.63) is 11.6 Å². The number of carbonyl (C=O) groups is 2. The molecule has 4 aliphatic heterocycles. The monoisotopic (exact) mass is 916 g/mol. The third-order valence-corrected chi connectivity index (χ3v) is 16.8. The molecule has 3 saturated heterocycles. The summed E-state index contributed by atoms with van der Waals surface area (Å²) in [6, 6.07) is 0. The van der Waals surface area contributed by atoms with Crippen LogP contribution in [0.1, 0.15) is 79.1 Å². The maximum absolute atomic E-state index is 12.9. The molecule has 4 saturated carbocycles. The molecule has 0 aromatic rings. The fraction of sp³-hybridized carbons (Fsp3) is 0.909. The number of ether oxygens (including phenoxy) is 9.